The van der Waals surface area contributed by atoms with Gasteiger partial charge >= 0.3 is 5.97 Å². The number of amides is 1. The lowest BCUT2D eigenvalue weighted by Gasteiger charge is -2.21. The number of hydrogen-bond acceptors (Lipinski definition) is 4. The van der Waals surface area contributed by atoms with E-state index in [2.05, 4.69) is 15.5 Å². The summed E-state index contributed by atoms with van der Waals surface area (Å²) in [6, 6.07) is 9.60. The zero-order chi connectivity index (χ0) is 17.1. The molecule has 2 aromatic rings. The number of carbonyl (C=O) groups excluding carboxylic acids is 1. The van der Waals surface area contributed by atoms with E-state index in [0.29, 0.717) is 31.0 Å². The molecular weight excluding hydrogens is 308 g/mol. The molecule has 7 heteroatoms. The fourth-order valence-corrected chi connectivity index (χ4v) is 2.74. The first-order valence-electron chi connectivity index (χ1n) is 7.90. The van der Waals surface area contributed by atoms with Crippen molar-refractivity contribution in [3.63, 3.8) is 0 Å². The fourth-order valence-electron chi connectivity index (χ4n) is 2.74. The molecule has 1 aromatic carbocycles. The van der Waals surface area contributed by atoms with Crippen LogP contribution >= 0.6 is 0 Å². The van der Waals surface area contributed by atoms with Gasteiger partial charge in [0, 0.05) is 31.7 Å². The Kier molecular flexibility index (Phi) is 4.61. The van der Waals surface area contributed by atoms with E-state index in [1.54, 1.807) is 11.0 Å². The molecule has 0 radical (unpaired) electrons. The summed E-state index contributed by atoms with van der Waals surface area (Å²) in [6.45, 7) is 3.63. The third-order valence-electron chi connectivity index (χ3n) is 4.18. The lowest BCUT2D eigenvalue weighted by molar-refractivity contribution is -0.141. The number of nitrogens with zero attached hydrogens (tertiary/aromatic N) is 2. The van der Waals surface area contributed by atoms with Gasteiger partial charge in [0.05, 0.1) is 11.6 Å². The molecule has 3 N–H and O–H groups in total. The minimum atomic E-state index is -0.896. The molecule has 0 spiro atoms. The number of rotatable bonds is 3. The topological polar surface area (TPSA) is 98.3 Å². The average Bonchev–Trinajstić information content (AvgIpc) is 2.92. The van der Waals surface area contributed by atoms with E-state index in [9.17, 15) is 14.7 Å². The number of aromatic nitrogens is 2. The number of benzene rings is 1. The van der Waals surface area contributed by atoms with Gasteiger partial charge in [0.2, 0.25) is 0 Å². The molecule has 0 aliphatic carbocycles. The Bertz CT molecular complexity index is 739. The number of carbonyl (C=O) groups is 2. The van der Waals surface area contributed by atoms with Gasteiger partial charge in [-0.05, 0) is 13.0 Å². The van der Waals surface area contributed by atoms with Crippen LogP contribution in [0.1, 0.15) is 16.1 Å². The van der Waals surface area contributed by atoms with E-state index in [0.717, 1.165) is 11.1 Å². The summed E-state index contributed by atoms with van der Waals surface area (Å²) in [5.74, 6) is -1.72. The standard InChI is InChI=1S/C17H20N4O3/c1-11-2-4-12(5-3-11)14-8-15(20-19-14)16(22)21-7-6-18-9-13(10-21)17(23)24/h2-5,8,13,18H,6-7,9-10H2,1H3,(H,19,20)(H,23,24). The highest BCUT2D eigenvalue weighted by atomic mass is 16.4. The number of aromatic amines is 1. The smallest absolute Gasteiger partial charge is 0.309 e. The average molecular weight is 328 g/mol. The van der Waals surface area contributed by atoms with Crippen molar-refractivity contribution in [3.8, 4) is 11.3 Å². The number of aryl methyl sites for hydroxylation is 1. The van der Waals surface area contributed by atoms with Crippen LogP contribution in [0, 0.1) is 12.8 Å². The van der Waals surface area contributed by atoms with Gasteiger partial charge in [-0.15, -0.1) is 0 Å². The molecule has 1 aromatic heterocycles. The summed E-state index contributed by atoms with van der Waals surface area (Å²) in [4.78, 5) is 25.4. The van der Waals surface area contributed by atoms with Gasteiger partial charge in [-0.1, -0.05) is 29.8 Å². The molecule has 2 heterocycles. The van der Waals surface area contributed by atoms with E-state index >= 15 is 0 Å². The third kappa shape index (κ3) is 3.46. The van der Waals surface area contributed by atoms with Crippen LogP contribution in [0.25, 0.3) is 11.3 Å². The zero-order valence-corrected chi connectivity index (χ0v) is 13.5. The van der Waals surface area contributed by atoms with Crippen LogP contribution in [-0.2, 0) is 4.79 Å². The van der Waals surface area contributed by atoms with Crippen LogP contribution in [0.2, 0.25) is 0 Å². The first kappa shape index (κ1) is 16.2. The first-order chi connectivity index (χ1) is 11.5. The van der Waals surface area contributed by atoms with Crippen molar-refractivity contribution in [1.82, 2.24) is 20.4 Å². The molecule has 0 saturated carbocycles. The van der Waals surface area contributed by atoms with E-state index in [-0.39, 0.29) is 12.5 Å². The highest BCUT2D eigenvalue weighted by molar-refractivity contribution is 5.93. The molecule has 24 heavy (non-hydrogen) atoms. The predicted octanol–water partition coefficient (Wildman–Crippen LogP) is 1.13. The number of nitrogens with one attached hydrogen (secondary N) is 2. The quantitative estimate of drug-likeness (QED) is 0.784. The van der Waals surface area contributed by atoms with E-state index < -0.39 is 11.9 Å². The third-order valence-corrected chi connectivity index (χ3v) is 4.18. The van der Waals surface area contributed by atoms with Crippen LogP contribution in [0.4, 0.5) is 0 Å². The van der Waals surface area contributed by atoms with Gasteiger partial charge in [-0.3, -0.25) is 14.7 Å². The minimum Gasteiger partial charge on any atom is -0.481 e. The van der Waals surface area contributed by atoms with Crippen LogP contribution in [-0.4, -0.2) is 58.3 Å². The Morgan fingerprint density at radius 1 is 1.29 bits per heavy atom. The molecule has 1 unspecified atom stereocenters. The second-order valence-corrected chi connectivity index (χ2v) is 6.02. The predicted molar refractivity (Wildman–Crippen MR) is 88.7 cm³/mol. The molecule has 7 nitrogen and oxygen atoms in total. The number of aliphatic carboxylic acids is 1. The zero-order valence-electron chi connectivity index (χ0n) is 13.5. The summed E-state index contributed by atoms with van der Waals surface area (Å²) >= 11 is 0. The summed E-state index contributed by atoms with van der Waals surface area (Å²) in [7, 11) is 0. The molecule has 1 aliphatic heterocycles. The van der Waals surface area contributed by atoms with Crippen LogP contribution in [0.5, 0.6) is 0 Å². The first-order valence-corrected chi connectivity index (χ1v) is 7.90. The SMILES string of the molecule is Cc1ccc(-c2cc(C(=O)N3CCNCC(C(=O)O)C3)[nH]n2)cc1. The Hall–Kier alpha value is -2.67. The summed E-state index contributed by atoms with van der Waals surface area (Å²) < 4.78 is 0. The Morgan fingerprint density at radius 3 is 2.75 bits per heavy atom. The van der Waals surface area contributed by atoms with Crippen LogP contribution in [0.3, 0.4) is 0 Å². The maximum absolute atomic E-state index is 12.7. The molecule has 1 atom stereocenters. The van der Waals surface area contributed by atoms with Gasteiger partial charge in [-0.25, -0.2) is 0 Å². The second kappa shape index (κ2) is 6.84. The molecular formula is C17H20N4O3. The van der Waals surface area contributed by atoms with Gasteiger partial charge < -0.3 is 15.3 Å². The number of H-pyrrole nitrogens is 1. The maximum atomic E-state index is 12.7. The molecule has 3 rings (SSSR count). The van der Waals surface area contributed by atoms with Gasteiger partial charge in [0.15, 0.2) is 0 Å². The molecule has 1 aliphatic rings. The van der Waals surface area contributed by atoms with Gasteiger partial charge in [0.25, 0.3) is 5.91 Å². The summed E-state index contributed by atoms with van der Waals surface area (Å²) in [5.41, 5.74) is 3.15. The Morgan fingerprint density at radius 2 is 2.04 bits per heavy atom. The van der Waals surface area contributed by atoms with Crippen LogP contribution < -0.4 is 5.32 Å². The molecule has 1 fully saturated rings. The highest BCUT2D eigenvalue weighted by Gasteiger charge is 2.27. The van der Waals surface area contributed by atoms with E-state index in [1.807, 2.05) is 31.2 Å². The Labute approximate surface area is 139 Å². The van der Waals surface area contributed by atoms with E-state index in [1.165, 1.54) is 0 Å². The lowest BCUT2D eigenvalue weighted by Crippen LogP contribution is -2.38. The molecule has 126 valence electrons. The fraction of sp³-hybridized carbons (Fsp3) is 0.353. The van der Waals surface area contributed by atoms with E-state index in [4.69, 9.17) is 0 Å². The van der Waals surface area contributed by atoms with Gasteiger partial charge in [0.1, 0.15) is 5.69 Å². The largest absolute Gasteiger partial charge is 0.481 e. The van der Waals surface area contributed by atoms with Crippen molar-refractivity contribution in [2.24, 2.45) is 5.92 Å². The van der Waals surface area contributed by atoms with Gasteiger partial charge in [-0.2, -0.15) is 5.10 Å². The number of hydrogen-bond donors (Lipinski definition) is 3. The number of carboxylic acid groups (broad SMARTS) is 1. The highest BCUT2D eigenvalue weighted by Crippen LogP contribution is 2.19. The lowest BCUT2D eigenvalue weighted by atomic mass is 10.1. The van der Waals surface area contributed by atoms with Crippen molar-refractivity contribution >= 4 is 11.9 Å². The summed E-state index contributed by atoms with van der Waals surface area (Å²) in [6.07, 6.45) is 0. The molecule has 1 saturated heterocycles. The second-order valence-electron chi connectivity index (χ2n) is 6.02. The van der Waals surface area contributed by atoms with Crippen molar-refractivity contribution in [2.75, 3.05) is 26.2 Å². The van der Waals surface area contributed by atoms with Crippen molar-refractivity contribution < 1.29 is 14.7 Å². The summed E-state index contributed by atoms with van der Waals surface area (Å²) in [5, 5.41) is 19.2. The monoisotopic (exact) mass is 328 g/mol. The minimum absolute atomic E-state index is 0.194. The molecule has 0 bridgehead atoms. The van der Waals surface area contributed by atoms with Crippen molar-refractivity contribution in [3.05, 3.63) is 41.6 Å². The maximum Gasteiger partial charge on any atom is 0.309 e. The van der Waals surface area contributed by atoms with Crippen molar-refractivity contribution in [1.29, 1.82) is 0 Å². The van der Waals surface area contributed by atoms with Crippen LogP contribution in [0.15, 0.2) is 30.3 Å². The molecule has 1 amide bonds. The Balaban J connectivity index is 1.77. The number of carboxylic acids is 1. The normalized spacial score (nSPS) is 18.2. The van der Waals surface area contributed by atoms with Crippen molar-refractivity contribution in [2.45, 2.75) is 6.92 Å².